The normalized spacial score (nSPS) is 23.6. The Morgan fingerprint density at radius 2 is 1.83 bits per heavy atom. The number of piperidine rings is 2. The van der Waals surface area contributed by atoms with Crippen molar-refractivity contribution < 1.29 is 9.53 Å². The van der Waals surface area contributed by atoms with Crippen LogP contribution in [0.15, 0.2) is 24.3 Å². The minimum absolute atomic E-state index is 0. The lowest BCUT2D eigenvalue weighted by Gasteiger charge is -2.32. The summed E-state index contributed by atoms with van der Waals surface area (Å²) in [6.45, 7) is 6.26. The number of halogens is 2. The lowest BCUT2D eigenvalue weighted by atomic mass is 9.91. The van der Waals surface area contributed by atoms with Gasteiger partial charge >= 0.3 is 0 Å². The Kier molecular flexibility index (Phi) is 9.08. The summed E-state index contributed by atoms with van der Waals surface area (Å²) in [5.41, 5.74) is 1.68. The molecule has 1 aliphatic carbocycles. The number of nitrogens with zero attached hydrogens (tertiary/aromatic N) is 1. The van der Waals surface area contributed by atoms with Crippen LogP contribution in [0.2, 0.25) is 0 Å². The zero-order valence-corrected chi connectivity index (χ0v) is 19.0. The van der Waals surface area contributed by atoms with Gasteiger partial charge in [-0.2, -0.15) is 0 Å². The number of nitrogens with one attached hydrogen (secondary N) is 2. The summed E-state index contributed by atoms with van der Waals surface area (Å²) in [6.07, 6.45) is 5.82. The van der Waals surface area contributed by atoms with E-state index >= 15 is 0 Å². The van der Waals surface area contributed by atoms with Gasteiger partial charge < -0.3 is 15.4 Å². The Hall–Kier alpha value is -1.01. The van der Waals surface area contributed by atoms with E-state index < -0.39 is 0 Å². The third-order valence-electron chi connectivity index (χ3n) is 6.94. The molecule has 1 unspecified atom stereocenters. The maximum absolute atomic E-state index is 12.5. The molecule has 0 radical (unpaired) electrons. The van der Waals surface area contributed by atoms with Crippen LogP contribution in [0.3, 0.4) is 0 Å². The maximum Gasteiger partial charge on any atom is 0.223 e. The number of ether oxygens (including phenoxy) is 1. The van der Waals surface area contributed by atoms with Crippen LogP contribution >= 0.6 is 24.8 Å². The number of methoxy groups -OCH3 is 1. The van der Waals surface area contributed by atoms with Crippen LogP contribution in [-0.4, -0.2) is 50.6 Å². The molecule has 4 rings (SSSR count). The van der Waals surface area contributed by atoms with Gasteiger partial charge in [0.25, 0.3) is 0 Å². The molecule has 1 aromatic rings. The van der Waals surface area contributed by atoms with Gasteiger partial charge in [0, 0.05) is 19.0 Å². The van der Waals surface area contributed by atoms with Crippen molar-refractivity contribution in [2.75, 3.05) is 39.8 Å². The van der Waals surface area contributed by atoms with E-state index in [0.29, 0.717) is 17.2 Å². The van der Waals surface area contributed by atoms with Gasteiger partial charge in [0.15, 0.2) is 0 Å². The third kappa shape index (κ3) is 6.00. The molecule has 3 fully saturated rings. The summed E-state index contributed by atoms with van der Waals surface area (Å²) in [5.74, 6) is 2.14. The van der Waals surface area contributed by atoms with Crippen molar-refractivity contribution >= 4 is 30.7 Å². The second-order valence-corrected chi connectivity index (χ2v) is 8.68. The molecule has 2 heterocycles. The van der Waals surface area contributed by atoms with Gasteiger partial charge in [0.2, 0.25) is 5.91 Å². The fourth-order valence-electron chi connectivity index (χ4n) is 4.90. The first-order valence-electron chi connectivity index (χ1n) is 10.5. The molecule has 1 amide bonds. The number of amides is 1. The topological polar surface area (TPSA) is 53.6 Å². The standard InChI is InChI=1S/C22H33N3O2.2ClH/c1-27-19-4-2-18(3-5-19)16-25-12-6-17(7-13-25)15-24-21(26)20-14-22(20)8-10-23-11-9-22;;/h2-5,17,20,23H,6-16H2,1H3,(H,24,26);2*1H. The predicted octanol–water partition coefficient (Wildman–Crippen LogP) is 3.26. The molecule has 0 bridgehead atoms. The molecule has 1 saturated carbocycles. The molecular weight excluding hydrogens is 409 g/mol. The van der Waals surface area contributed by atoms with Gasteiger partial charge in [-0.3, -0.25) is 9.69 Å². The summed E-state index contributed by atoms with van der Waals surface area (Å²) < 4.78 is 5.23. The molecule has 164 valence electrons. The molecule has 2 saturated heterocycles. The fourth-order valence-corrected chi connectivity index (χ4v) is 4.90. The molecule has 1 spiro atoms. The summed E-state index contributed by atoms with van der Waals surface area (Å²) in [5, 5.41) is 6.68. The monoisotopic (exact) mass is 443 g/mol. The largest absolute Gasteiger partial charge is 0.497 e. The molecule has 29 heavy (non-hydrogen) atoms. The number of hydrogen-bond acceptors (Lipinski definition) is 4. The smallest absolute Gasteiger partial charge is 0.223 e. The predicted molar refractivity (Wildman–Crippen MR) is 121 cm³/mol. The van der Waals surface area contributed by atoms with Crippen LogP contribution in [0.5, 0.6) is 5.75 Å². The number of rotatable bonds is 6. The SMILES string of the molecule is COc1ccc(CN2CCC(CNC(=O)C3CC34CCNCC4)CC2)cc1.Cl.Cl. The average molecular weight is 444 g/mol. The summed E-state index contributed by atoms with van der Waals surface area (Å²) in [4.78, 5) is 15.0. The zero-order chi connectivity index (χ0) is 18.7. The van der Waals surface area contributed by atoms with E-state index in [-0.39, 0.29) is 30.7 Å². The average Bonchev–Trinajstić information content (AvgIpc) is 3.41. The van der Waals surface area contributed by atoms with Crippen molar-refractivity contribution in [3.05, 3.63) is 29.8 Å². The first kappa shape index (κ1) is 24.3. The van der Waals surface area contributed by atoms with Gasteiger partial charge in [-0.05, 0) is 87.3 Å². The fraction of sp³-hybridized carbons (Fsp3) is 0.682. The second-order valence-electron chi connectivity index (χ2n) is 8.68. The Balaban J connectivity index is 0.00000150. The van der Waals surface area contributed by atoms with Crippen molar-refractivity contribution in [3.63, 3.8) is 0 Å². The van der Waals surface area contributed by atoms with Crippen molar-refractivity contribution in [2.24, 2.45) is 17.3 Å². The van der Waals surface area contributed by atoms with E-state index in [1.807, 2.05) is 12.1 Å². The summed E-state index contributed by atoms with van der Waals surface area (Å²) >= 11 is 0. The Morgan fingerprint density at radius 3 is 2.45 bits per heavy atom. The quantitative estimate of drug-likeness (QED) is 0.708. The Bertz CT molecular complexity index is 642. The van der Waals surface area contributed by atoms with Crippen molar-refractivity contribution in [2.45, 2.75) is 38.6 Å². The highest BCUT2D eigenvalue weighted by Gasteiger charge is 2.57. The lowest BCUT2D eigenvalue weighted by molar-refractivity contribution is -0.123. The Morgan fingerprint density at radius 1 is 1.17 bits per heavy atom. The molecule has 2 aliphatic heterocycles. The van der Waals surface area contributed by atoms with E-state index in [1.165, 1.54) is 31.2 Å². The lowest BCUT2D eigenvalue weighted by Crippen LogP contribution is -2.39. The van der Waals surface area contributed by atoms with E-state index in [2.05, 4.69) is 27.7 Å². The van der Waals surface area contributed by atoms with Crippen molar-refractivity contribution in [1.29, 1.82) is 0 Å². The van der Waals surface area contributed by atoms with E-state index in [4.69, 9.17) is 4.74 Å². The maximum atomic E-state index is 12.5. The van der Waals surface area contributed by atoms with Crippen LogP contribution in [0.4, 0.5) is 0 Å². The van der Waals surface area contributed by atoms with E-state index in [0.717, 1.165) is 51.4 Å². The minimum atomic E-state index is 0. The second kappa shape index (κ2) is 10.9. The highest BCUT2D eigenvalue weighted by molar-refractivity contribution is 5.85. The highest BCUT2D eigenvalue weighted by atomic mass is 35.5. The highest BCUT2D eigenvalue weighted by Crippen LogP contribution is 2.58. The van der Waals surface area contributed by atoms with Crippen LogP contribution in [0, 0.1) is 17.3 Å². The van der Waals surface area contributed by atoms with Gasteiger partial charge in [0.05, 0.1) is 7.11 Å². The molecule has 0 aromatic heterocycles. The number of carbonyl (C=O) groups excluding carboxylic acids is 1. The molecule has 1 atom stereocenters. The molecular formula is C22H35Cl2N3O2. The number of benzene rings is 1. The molecule has 2 N–H and O–H groups in total. The van der Waals surface area contributed by atoms with Crippen LogP contribution in [0.1, 0.15) is 37.7 Å². The summed E-state index contributed by atoms with van der Waals surface area (Å²) in [6, 6.07) is 8.37. The third-order valence-corrected chi connectivity index (χ3v) is 6.94. The van der Waals surface area contributed by atoms with Gasteiger partial charge in [-0.1, -0.05) is 12.1 Å². The number of carbonyl (C=O) groups is 1. The number of hydrogen-bond donors (Lipinski definition) is 2. The van der Waals surface area contributed by atoms with Crippen LogP contribution in [-0.2, 0) is 11.3 Å². The van der Waals surface area contributed by atoms with Crippen LogP contribution in [0.25, 0.3) is 0 Å². The Labute approximate surface area is 187 Å². The first-order valence-corrected chi connectivity index (χ1v) is 10.5. The van der Waals surface area contributed by atoms with Gasteiger partial charge in [-0.25, -0.2) is 0 Å². The van der Waals surface area contributed by atoms with E-state index in [9.17, 15) is 4.79 Å². The van der Waals surface area contributed by atoms with E-state index in [1.54, 1.807) is 7.11 Å². The molecule has 3 aliphatic rings. The van der Waals surface area contributed by atoms with Gasteiger partial charge in [0.1, 0.15) is 5.75 Å². The molecule has 1 aromatic carbocycles. The zero-order valence-electron chi connectivity index (χ0n) is 17.3. The summed E-state index contributed by atoms with van der Waals surface area (Å²) in [7, 11) is 1.70. The van der Waals surface area contributed by atoms with Crippen molar-refractivity contribution in [3.8, 4) is 5.75 Å². The molecule has 5 nitrogen and oxygen atoms in total. The van der Waals surface area contributed by atoms with Gasteiger partial charge in [-0.15, -0.1) is 24.8 Å². The van der Waals surface area contributed by atoms with Crippen LogP contribution < -0.4 is 15.4 Å². The first-order chi connectivity index (χ1) is 13.2. The minimum Gasteiger partial charge on any atom is -0.497 e. The number of likely N-dealkylation sites (tertiary alicyclic amines) is 1. The van der Waals surface area contributed by atoms with Crippen molar-refractivity contribution in [1.82, 2.24) is 15.5 Å². The molecule has 7 heteroatoms.